The third-order valence-electron chi connectivity index (χ3n) is 16.3. The summed E-state index contributed by atoms with van der Waals surface area (Å²) in [5.74, 6) is 0. The van der Waals surface area contributed by atoms with Gasteiger partial charge in [0.25, 0.3) is 0 Å². The number of benzene rings is 11. The van der Waals surface area contributed by atoms with Crippen molar-refractivity contribution in [3.05, 3.63) is 267 Å². The molecule has 0 amide bonds. The molecule has 0 aliphatic carbocycles. The van der Waals surface area contributed by atoms with Crippen molar-refractivity contribution in [1.82, 2.24) is 13.7 Å². The van der Waals surface area contributed by atoms with Crippen LogP contribution in [0.25, 0.3) is 140 Å². The fourth-order valence-electron chi connectivity index (χ4n) is 12.8. The van der Waals surface area contributed by atoms with E-state index in [-0.39, 0.29) is 0 Å². The van der Waals surface area contributed by atoms with Crippen molar-refractivity contribution >= 4 is 145 Å². The highest BCUT2D eigenvalue weighted by Gasteiger charge is 2.23. The SMILES string of the molecule is C=C1/C=C\C=C/N(c2ccc3sc4ccc(-n5c6ccccc6c6ccccc65)cc4c3c2)c2ccc3c(sc4ccc(-n5c6ccccc6c6cc(-c7ccc8c(c7)c7ccccc7n8-c7ccccc7)ccc65)cc43)c21.CC.CC.CC. The fraction of sp³-hybridized carbons (Fsp3) is 0.0769. The van der Waals surface area contributed by atoms with Gasteiger partial charge in [-0.15, -0.1) is 22.7 Å². The lowest BCUT2D eigenvalue weighted by Crippen LogP contribution is -2.11. The van der Waals surface area contributed by atoms with Crippen LogP contribution in [0.3, 0.4) is 0 Å². The predicted molar refractivity (Wildman–Crippen MR) is 371 cm³/mol. The first-order valence-electron chi connectivity index (χ1n) is 29.5. The predicted octanol–water partition coefficient (Wildman–Crippen LogP) is 23.7. The van der Waals surface area contributed by atoms with Crippen LogP contribution in [0.2, 0.25) is 0 Å². The van der Waals surface area contributed by atoms with E-state index in [0.717, 1.165) is 28.2 Å². The molecule has 406 valence electrons. The van der Waals surface area contributed by atoms with Crippen molar-refractivity contribution < 1.29 is 0 Å². The first kappa shape index (κ1) is 52.4. The molecule has 0 bridgehead atoms. The summed E-state index contributed by atoms with van der Waals surface area (Å²) in [5, 5.41) is 12.5. The van der Waals surface area contributed by atoms with Crippen LogP contribution in [-0.4, -0.2) is 13.7 Å². The second kappa shape index (κ2) is 21.6. The number of fused-ring (bicyclic) bond motifs is 17. The molecule has 4 nitrogen and oxygen atoms in total. The highest BCUT2D eigenvalue weighted by molar-refractivity contribution is 7.26. The molecule has 0 radical (unpaired) electrons. The van der Waals surface area contributed by atoms with E-state index in [1.165, 1.54) is 128 Å². The monoisotopic (exact) mass is 1120 g/mol. The molecular formula is C78H62N4S2. The minimum atomic E-state index is 0.994. The molecular weight excluding hydrogens is 1060 g/mol. The quantitative estimate of drug-likeness (QED) is 0.168. The van der Waals surface area contributed by atoms with Crippen LogP contribution >= 0.6 is 22.7 Å². The van der Waals surface area contributed by atoms with E-state index in [9.17, 15) is 0 Å². The van der Waals surface area contributed by atoms with Gasteiger partial charge in [0.05, 0.1) is 38.8 Å². The van der Waals surface area contributed by atoms with E-state index in [0.29, 0.717) is 0 Å². The first-order valence-corrected chi connectivity index (χ1v) is 31.1. The Labute approximate surface area is 497 Å². The topological polar surface area (TPSA) is 18.0 Å². The molecule has 84 heavy (non-hydrogen) atoms. The lowest BCUT2D eigenvalue weighted by Gasteiger charge is -2.25. The molecule has 0 saturated heterocycles. The van der Waals surface area contributed by atoms with E-state index in [2.05, 4.69) is 274 Å². The van der Waals surface area contributed by atoms with E-state index < -0.39 is 0 Å². The van der Waals surface area contributed by atoms with Crippen LogP contribution in [0.1, 0.15) is 47.1 Å². The standard InChI is InChI=1S/C72H44N4S2.3C2H6/c1-44-15-13-14-38-73(48-28-35-68-59(41-48)60-43-50(29-36-69(60)77-68)75-61-22-9-5-18-51(61)52-19-6-10-23-62(52)75)67-34-31-55-58-42-49(30-37-70(58)78-72(55)71(44)67)76-64-25-12-8-21-54(64)57-40-46(27-33-66(57)76)45-26-32-65-56(39-45)53-20-7-11-24-63(53)74(65)47-16-3-2-4-17-47;3*1-2/h2-43H,1H2;3*1-2H3/b15-13-,38-14-;;;. The number of hydrogen-bond acceptors (Lipinski definition) is 3. The van der Waals surface area contributed by atoms with Gasteiger partial charge in [-0.2, -0.15) is 0 Å². The summed E-state index contributed by atoms with van der Waals surface area (Å²) < 4.78 is 12.3. The van der Waals surface area contributed by atoms with Crippen molar-refractivity contribution in [2.45, 2.75) is 41.5 Å². The lowest BCUT2D eigenvalue weighted by atomic mass is 9.99. The van der Waals surface area contributed by atoms with Crippen molar-refractivity contribution in [2.24, 2.45) is 0 Å². The Morgan fingerprint density at radius 3 is 1.25 bits per heavy atom. The van der Waals surface area contributed by atoms with E-state index >= 15 is 0 Å². The van der Waals surface area contributed by atoms with Crippen LogP contribution in [0, 0.1) is 0 Å². The summed E-state index contributed by atoms with van der Waals surface area (Å²) in [4.78, 5) is 2.35. The Morgan fingerprint density at radius 2 is 0.726 bits per heavy atom. The van der Waals surface area contributed by atoms with Gasteiger partial charge in [-0.05, 0) is 144 Å². The van der Waals surface area contributed by atoms with Gasteiger partial charge in [0.2, 0.25) is 0 Å². The van der Waals surface area contributed by atoms with E-state index in [1.807, 2.05) is 64.2 Å². The molecule has 0 atom stereocenters. The zero-order valence-corrected chi connectivity index (χ0v) is 49.7. The highest BCUT2D eigenvalue weighted by Crippen LogP contribution is 2.48. The molecule has 16 aromatic rings. The number of thiophene rings is 2. The van der Waals surface area contributed by atoms with Crippen LogP contribution < -0.4 is 4.90 Å². The average Bonchev–Trinajstić information content (AvgIpc) is 2.32. The Hall–Kier alpha value is -9.72. The summed E-state index contributed by atoms with van der Waals surface area (Å²) in [6, 6.07) is 85.3. The summed E-state index contributed by atoms with van der Waals surface area (Å²) >= 11 is 3.72. The second-order valence-corrected chi connectivity index (χ2v) is 22.7. The summed E-state index contributed by atoms with van der Waals surface area (Å²) in [6.07, 6.45) is 8.61. The maximum atomic E-state index is 4.72. The summed E-state index contributed by atoms with van der Waals surface area (Å²) in [5.41, 5.74) is 17.5. The number of allylic oxidation sites excluding steroid dienone is 4. The first-order chi connectivity index (χ1) is 41.6. The zero-order chi connectivity index (χ0) is 57.2. The molecule has 5 aromatic heterocycles. The highest BCUT2D eigenvalue weighted by atomic mass is 32.1. The summed E-state index contributed by atoms with van der Waals surface area (Å²) in [7, 11) is 0. The van der Waals surface area contributed by atoms with Gasteiger partial charge in [0.1, 0.15) is 0 Å². The molecule has 0 saturated carbocycles. The normalized spacial score (nSPS) is 13.1. The second-order valence-electron chi connectivity index (χ2n) is 20.6. The van der Waals surface area contributed by atoms with Gasteiger partial charge in [-0.3, -0.25) is 0 Å². The van der Waals surface area contributed by atoms with Gasteiger partial charge in [-0.1, -0.05) is 169 Å². The average molecular weight is 1120 g/mol. The molecule has 6 heterocycles. The third kappa shape index (κ3) is 8.23. The Balaban J connectivity index is 0.00000102. The molecule has 11 aromatic carbocycles. The van der Waals surface area contributed by atoms with Crippen LogP contribution in [0.15, 0.2) is 262 Å². The number of anilines is 2. The van der Waals surface area contributed by atoms with Crippen molar-refractivity contribution in [2.75, 3.05) is 4.90 Å². The minimum Gasteiger partial charge on any atom is -0.316 e. The molecule has 0 fully saturated rings. The Bertz CT molecular complexity index is 5250. The number of rotatable bonds is 5. The van der Waals surface area contributed by atoms with Crippen LogP contribution in [0.5, 0.6) is 0 Å². The van der Waals surface area contributed by atoms with Crippen molar-refractivity contribution in [1.29, 1.82) is 0 Å². The third-order valence-corrected chi connectivity index (χ3v) is 18.7. The smallest absolute Gasteiger partial charge is 0.0548 e. The van der Waals surface area contributed by atoms with Gasteiger partial charge in [0.15, 0.2) is 0 Å². The molecule has 0 unspecified atom stereocenters. The maximum absolute atomic E-state index is 4.72. The fourth-order valence-corrected chi connectivity index (χ4v) is 15.2. The number of hydrogen-bond donors (Lipinski definition) is 0. The molecule has 17 rings (SSSR count). The van der Waals surface area contributed by atoms with Crippen molar-refractivity contribution in [3.63, 3.8) is 0 Å². The number of para-hydroxylation sites is 5. The number of nitrogens with zero attached hydrogens (tertiary/aromatic N) is 4. The van der Waals surface area contributed by atoms with Crippen LogP contribution in [0.4, 0.5) is 11.4 Å². The molecule has 0 spiro atoms. The van der Waals surface area contributed by atoms with Crippen LogP contribution in [-0.2, 0) is 0 Å². The van der Waals surface area contributed by atoms with Gasteiger partial charge < -0.3 is 18.6 Å². The Morgan fingerprint density at radius 1 is 0.310 bits per heavy atom. The van der Waals surface area contributed by atoms with E-state index in [1.54, 1.807) is 0 Å². The van der Waals surface area contributed by atoms with Gasteiger partial charge in [0, 0.05) is 107 Å². The van der Waals surface area contributed by atoms with Gasteiger partial charge in [-0.25, -0.2) is 0 Å². The molecule has 6 heteroatoms. The number of aromatic nitrogens is 3. The molecule has 1 aliphatic rings. The molecule has 1 aliphatic heterocycles. The Kier molecular flexibility index (Phi) is 13.4. The maximum Gasteiger partial charge on any atom is 0.0548 e. The minimum absolute atomic E-state index is 0.994. The molecule has 0 N–H and O–H groups in total. The zero-order valence-electron chi connectivity index (χ0n) is 48.1. The van der Waals surface area contributed by atoms with Gasteiger partial charge >= 0.3 is 0 Å². The lowest BCUT2D eigenvalue weighted by molar-refractivity contribution is 1.18. The van der Waals surface area contributed by atoms with E-state index in [4.69, 9.17) is 6.58 Å². The van der Waals surface area contributed by atoms with Crippen molar-refractivity contribution in [3.8, 4) is 28.2 Å². The largest absolute Gasteiger partial charge is 0.316 e. The summed E-state index contributed by atoms with van der Waals surface area (Å²) in [6.45, 7) is 16.7.